The van der Waals surface area contributed by atoms with Crippen LogP contribution in [0, 0.1) is 13.8 Å². The van der Waals surface area contributed by atoms with Crippen LogP contribution in [0.4, 0.5) is 0 Å². The fourth-order valence-corrected chi connectivity index (χ4v) is 5.51. The number of piperidine rings is 1. The van der Waals surface area contributed by atoms with E-state index >= 15 is 0 Å². The molecule has 6 heteroatoms. The number of nitrogens with zero attached hydrogens (tertiary/aromatic N) is 1. The van der Waals surface area contributed by atoms with Crippen molar-refractivity contribution >= 4 is 27.6 Å². The molecule has 4 nitrogen and oxygen atoms in total. The molecule has 0 aromatic carbocycles. The second-order valence-corrected chi connectivity index (χ2v) is 7.91. The van der Waals surface area contributed by atoms with Crippen LogP contribution < -0.4 is 0 Å². The maximum Gasteiger partial charge on any atom is 0.244 e. The average Bonchev–Trinajstić information content (AvgIpc) is 2.69. The van der Waals surface area contributed by atoms with Crippen LogP contribution in [-0.2, 0) is 14.8 Å². The van der Waals surface area contributed by atoms with Crippen LogP contribution >= 0.6 is 11.3 Å². The van der Waals surface area contributed by atoms with E-state index in [4.69, 9.17) is 0 Å². The zero-order chi connectivity index (χ0) is 13.3. The predicted molar refractivity (Wildman–Crippen MR) is 71.4 cm³/mol. The lowest BCUT2D eigenvalue weighted by Gasteiger charge is -2.31. The summed E-state index contributed by atoms with van der Waals surface area (Å²) in [5, 5.41) is 0. The molecule has 0 amide bonds. The lowest BCUT2D eigenvalue weighted by atomic mass is 10.1. The summed E-state index contributed by atoms with van der Waals surface area (Å²) >= 11 is 1.47. The van der Waals surface area contributed by atoms with Crippen LogP contribution in [0.15, 0.2) is 11.0 Å². The lowest BCUT2D eigenvalue weighted by molar-refractivity contribution is -0.111. The van der Waals surface area contributed by atoms with Crippen LogP contribution in [0.3, 0.4) is 0 Å². The summed E-state index contributed by atoms with van der Waals surface area (Å²) in [7, 11) is -3.52. The Morgan fingerprint density at radius 1 is 1.39 bits per heavy atom. The monoisotopic (exact) mass is 287 g/mol. The average molecular weight is 287 g/mol. The van der Waals surface area contributed by atoms with Crippen molar-refractivity contribution in [1.82, 2.24) is 4.31 Å². The quantitative estimate of drug-likeness (QED) is 0.800. The second kappa shape index (κ2) is 5.11. The van der Waals surface area contributed by atoms with Crippen molar-refractivity contribution in [2.45, 2.75) is 44.0 Å². The van der Waals surface area contributed by atoms with Crippen LogP contribution in [0.25, 0.3) is 0 Å². The molecular formula is C12H17NO3S2. The largest absolute Gasteiger partial charge is 0.302 e. The van der Waals surface area contributed by atoms with Gasteiger partial charge < -0.3 is 4.79 Å². The van der Waals surface area contributed by atoms with E-state index in [9.17, 15) is 13.2 Å². The topological polar surface area (TPSA) is 54.5 Å². The molecule has 0 spiro atoms. The van der Waals surface area contributed by atoms with E-state index in [1.807, 2.05) is 13.8 Å². The Morgan fingerprint density at radius 2 is 2.11 bits per heavy atom. The summed E-state index contributed by atoms with van der Waals surface area (Å²) in [5.74, 6) is 0. The molecule has 0 bridgehead atoms. The molecule has 1 saturated heterocycles. The van der Waals surface area contributed by atoms with Gasteiger partial charge in [0.15, 0.2) is 0 Å². The first-order valence-corrected chi connectivity index (χ1v) is 8.26. The highest BCUT2D eigenvalue weighted by Crippen LogP contribution is 2.30. The van der Waals surface area contributed by atoms with Crippen LogP contribution in [-0.4, -0.2) is 31.6 Å². The maximum atomic E-state index is 12.6. The Hall–Kier alpha value is -0.720. The highest BCUT2D eigenvalue weighted by atomic mass is 32.2. The molecule has 2 rings (SSSR count). The van der Waals surface area contributed by atoms with Crippen LogP contribution in [0.1, 0.15) is 29.0 Å². The van der Waals surface area contributed by atoms with Gasteiger partial charge in [0.05, 0.1) is 10.9 Å². The Labute approximate surface area is 112 Å². The molecule has 1 unspecified atom stereocenters. The molecule has 1 aliphatic heterocycles. The Bertz CT molecular complexity index is 548. The molecule has 1 aromatic rings. The zero-order valence-corrected chi connectivity index (χ0v) is 12.2. The van der Waals surface area contributed by atoms with E-state index in [0.29, 0.717) is 17.9 Å². The van der Waals surface area contributed by atoms with Crippen LogP contribution in [0.2, 0.25) is 0 Å². The minimum atomic E-state index is -3.52. The molecule has 1 atom stereocenters. The number of carbonyl (C=O) groups excluding carboxylic acids is 1. The van der Waals surface area contributed by atoms with Gasteiger partial charge >= 0.3 is 0 Å². The van der Waals surface area contributed by atoms with Crippen molar-refractivity contribution in [3.63, 3.8) is 0 Å². The number of carbonyl (C=O) groups is 1. The minimum absolute atomic E-state index is 0.360. The molecular weight excluding hydrogens is 270 g/mol. The van der Waals surface area contributed by atoms with Crippen molar-refractivity contribution in [2.24, 2.45) is 0 Å². The summed E-state index contributed by atoms with van der Waals surface area (Å²) in [5.41, 5.74) is 0. The first kappa shape index (κ1) is 13.7. The van der Waals surface area contributed by atoms with Gasteiger partial charge in [0.25, 0.3) is 0 Å². The van der Waals surface area contributed by atoms with Gasteiger partial charge in [0.2, 0.25) is 10.0 Å². The standard InChI is InChI=1S/C12H17NO3S2/c1-9-7-12(10(2)17-9)18(15,16)13-6-4-3-5-11(13)8-14/h7-8,11H,3-6H2,1-2H3. The Morgan fingerprint density at radius 3 is 2.67 bits per heavy atom. The number of hydrogen-bond acceptors (Lipinski definition) is 4. The number of rotatable bonds is 3. The highest BCUT2D eigenvalue weighted by molar-refractivity contribution is 7.89. The third-order valence-corrected chi connectivity index (χ3v) is 6.38. The zero-order valence-electron chi connectivity index (χ0n) is 10.5. The number of aryl methyl sites for hydroxylation is 2. The molecule has 0 aliphatic carbocycles. The fourth-order valence-electron chi connectivity index (χ4n) is 2.36. The number of hydrogen-bond donors (Lipinski definition) is 0. The molecule has 100 valence electrons. The van der Waals surface area contributed by atoms with E-state index in [2.05, 4.69) is 0 Å². The summed E-state index contributed by atoms with van der Waals surface area (Å²) in [6, 6.07) is 1.20. The van der Waals surface area contributed by atoms with E-state index < -0.39 is 16.1 Å². The molecule has 0 radical (unpaired) electrons. The van der Waals surface area contributed by atoms with Crippen molar-refractivity contribution in [3.05, 3.63) is 15.8 Å². The summed E-state index contributed by atoms with van der Waals surface area (Å²) < 4.78 is 26.5. The van der Waals surface area contributed by atoms with E-state index in [1.165, 1.54) is 15.6 Å². The SMILES string of the molecule is Cc1cc(S(=O)(=O)N2CCCCC2C=O)c(C)s1. The van der Waals surface area contributed by atoms with Gasteiger partial charge in [-0.1, -0.05) is 6.42 Å². The number of sulfonamides is 1. The molecule has 0 saturated carbocycles. The maximum absolute atomic E-state index is 12.6. The van der Waals surface area contributed by atoms with Gasteiger partial charge in [-0.15, -0.1) is 11.3 Å². The van der Waals surface area contributed by atoms with Crippen LogP contribution in [0.5, 0.6) is 0 Å². The van der Waals surface area contributed by atoms with Crippen molar-refractivity contribution < 1.29 is 13.2 Å². The van der Waals surface area contributed by atoms with Gasteiger partial charge in [-0.2, -0.15) is 4.31 Å². The third-order valence-electron chi connectivity index (χ3n) is 3.24. The van der Waals surface area contributed by atoms with E-state index in [0.717, 1.165) is 28.9 Å². The first-order chi connectivity index (χ1) is 8.46. The minimum Gasteiger partial charge on any atom is -0.302 e. The molecule has 2 heterocycles. The number of aldehydes is 1. The number of thiophene rings is 1. The molecule has 1 fully saturated rings. The van der Waals surface area contributed by atoms with Crippen molar-refractivity contribution in [2.75, 3.05) is 6.54 Å². The van der Waals surface area contributed by atoms with E-state index in [1.54, 1.807) is 6.07 Å². The smallest absolute Gasteiger partial charge is 0.244 e. The summed E-state index contributed by atoms with van der Waals surface area (Å²) in [4.78, 5) is 13.2. The summed E-state index contributed by atoms with van der Waals surface area (Å²) in [6.07, 6.45) is 3.12. The third kappa shape index (κ3) is 2.37. The molecule has 18 heavy (non-hydrogen) atoms. The highest BCUT2D eigenvalue weighted by Gasteiger charge is 2.34. The Balaban J connectivity index is 2.41. The lowest BCUT2D eigenvalue weighted by Crippen LogP contribution is -2.44. The van der Waals surface area contributed by atoms with Crippen molar-refractivity contribution in [1.29, 1.82) is 0 Å². The molecule has 1 aliphatic rings. The second-order valence-electron chi connectivity index (χ2n) is 4.59. The van der Waals surface area contributed by atoms with Gasteiger partial charge in [0, 0.05) is 16.3 Å². The summed E-state index contributed by atoms with van der Waals surface area (Å²) in [6.45, 7) is 4.15. The normalized spacial score (nSPS) is 22.0. The fraction of sp³-hybridized carbons (Fsp3) is 0.583. The van der Waals surface area contributed by atoms with Gasteiger partial charge in [-0.3, -0.25) is 0 Å². The van der Waals surface area contributed by atoms with Gasteiger partial charge in [-0.25, -0.2) is 8.42 Å². The van der Waals surface area contributed by atoms with Crippen molar-refractivity contribution in [3.8, 4) is 0 Å². The van der Waals surface area contributed by atoms with Gasteiger partial charge in [-0.05, 0) is 32.8 Å². The molecule has 1 aromatic heterocycles. The van der Waals surface area contributed by atoms with Gasteiger partial charge in [0.1, 0.15) is 6.29 Å². The Kier molecular flexibility index (Phi) is 3.89. The first-order valence-electron chi connectivity index (χ1n) is 6.01. The predicted octanol–water partition coefficient (Wildman–Crippen LogP) is 2.11. The molecule has 0 N–H and O–H groups in total. The van der Waals surface area contributed by atoms with E-state index in [-0.39, 0.29) is 0 Å².